The molecular formula is C27H42Cl4N2O2. The first-order valence-electron chi connectivity index (χ1n) is 12.3. The Morgan fingerprint density at radius 1 is 0.829 bits per heavy atom. The smallest absolute Gasteiger partial charge is 0.166 e. The summed E-state index contributed by atoms with van der Waals surface area (Å²) in [4.78, 5) is 2.61. The molecule has 0 aliphatic carbocycles. The highest BCUT2D eigenvalue weighted by molar-refractivity contribution is 6.35. The van der Waals surface area contributed by atoms with Crippen LogP contribution in [0.4, 0.5) is 0 Å². The van der Waals surface area contributed by atoms with E-state index in [1.165, 1.54) is 38.8 Å². The van der Waals surface area contributed by atoms with Gasteiger partial charge >= 0.3 is 0 Å². The summed E-state index contributed by atoms with van der Waals surface area (Å²) in [6.07, 6.45) is 6.19. The predicted molar refractivity (Wildman–Crippen MR) is 155 cm³/mol. The molecule has 0 bridgehead atoms. The van der Waals surface area contributed by atoms with E-state index in [9.17, 15) is 0 Å². The second-order valence-corrected chi connectivity index (χ2v) is 9.12. The Kier molecular flexibility index (Phi) is 19.7. The van der Waals surface area contributed by atoms with Crippen LogP contribution in [-0.2, 0) is 13.2 Å². The minimum absolute atomic E-state index is 0. The molecule has 1 N–H and O–H groups in total. The number of ether oxygens (including phenoxy) is 2. The third-order valence-corrected chi connectivity index (χ3v) is 6.13. The lowest BCUT2D eigenvalue weighted by molar-refractivity contribution is 0.259. The minimum atomic E-state index is 0. The van der Waals surface area contributed by atoms with Crippen molar-refractivity contribution in [3.63, 3.8) is 0 Å². The van der Waals surface area contributed by atoms with E-state index in [-0.39, 0.29) is 24.8 Å². The normalized spacial score (nSPS) is 10.6. The van der Waals surface area contributed by atoms with Gasteiger partial charge in [0.25, 0.3) is 0 Å². The van der Waals surface area contributed by atoms with Gasteiger partial charge < -0.3 is 19.7 Å². The van der Waals surface area contributed by atoms with Gasteiger partial charge in [-0.25, -0.2) is 0 Å². The first-order valence-corrected chi connectivity index (χ1v) is 13.1. The lowest BCUT2D eigenvalue weighted by atomic mass is 10.1. The number of benzene rings is 2. The van der Waals surface area contributed by atoms with Gasteiger partial charge in [0.05, 0.1) is 6.61 Å². The van der Waals surface area contributed by atoms with Crippen molar-refractivity contribution < 1.29 is 9.47 Å². The van der Waals surface area contributed by atoms with E-state index in [4.69, 9.17) is 32.7 Å². The van der Waals surface area contributed by atoms with Crippen molar-refractivity contribution in [2.45, 2.75) is 66.0 Å². The molecule has 0 heterocycles. The van der Waals surface area contributed by atoms with Crippen LogP contribution in [-0.4, -0.2) is 37.7 Å². The largest absolute Gasteiger partial charge is 0.490 e. The average molecular weight is 568 g/mol. The van der Waals surface area contributed by atoms with Crippen molar-refractivity contribution in [1.29, 1.82) is 0 Å². The van der Waals surface area contributed by atoms with Crippen LogP contribution < -0.4 is 14.8 Å². The molecular weight excluding hydrogens is 526 g/mol. The molecule has 2 aromatic carbocycles. The van der Waals surface area contributed by atoms with Crippen LogP contribution in [0.5, 0.6) is 11.5 Å². The molecule has 0 fully saturated rings. The van der Waals surface area contributed by atoms with Crippen LogP contribution in [0.2, 0.25) is 10.0 Å². The zero-order valence-corrected chi connectivity index (χ0v) is 24.4. The Hall–Kier alpha value is -0.880. The molecule has 0 saturated heterocycles. The maximum atomic E-state index is 6.33. The Bertz CT molecular complexity index is 816. The second kappa shape index (κ2) is 20.2. The number of nitrogens with one attached hydrogen (secondary N) is 1. The Morgan fingerprint density at radius 2 is 1.51 bits per heavy atom. The van der Waals surface area contributed by atoms with E-state index in [1.807, 2.05) is 31.2 Å². The Morgan fingerprint density at radius 3 is 2.14 bits per heavy atom. The quantitative estimate of drug-likeness (QED) is 0.195. The summed E-state index contributed by atoms with van der Waals surface area (Å²) in [5.41, 5.74) is 1.98. The molecule has 0 radical (unpaired) electrons. The van der Waals surface area contributed by atoms with E-state index < -0.39 is 0 Å². The number of halogens is 4. The summed E-state index contributed by atoms with van der Waals surface area (Å²) in [5.74, 6) is 1.53. The summed E-state index contributed by atoms with van der Waals surface area (Å²) in [7, 11) is 0. The molecule has 2 rings (SSSR count). The van der Waals surface area contributed by atoms with Gasteiger partial charge in [0.1, 0.15) is 6.61 Å². The number of unbranched alkanes of at least 4 members (excludes halogenated alkanes) is 2. The third kappa shape index (κ3) is 12.8. The van der Waals surface area contributed by atoms with Gasteiger partial charge in [-0.05, 0) is 70.6 Å². The lowest BCUT2D eigenvalue weighted by Crippen LogP contribution is -2.29. The Balaban J connectivity index is 0.00000578. The zero-order valence-electron chi connectivity index (χ0n) is 21.3. The summed E-state index contributed by atoms with van der Waals surface area (Å²) in [6.45, 7) is 12.7. The number of hydrogen-bond acceptors (Lipinski definition) is 4. The number of nitrogens with zero attached hydrogens (tertiary/aromatic N) is 1. The van der Waals surface area contributed by atoms with Crippen molar-refractivity contribution in [2.75, 3.05) is 32.8 Å². The van der Waals surface area contributed by atoms with Gasteiger partial charge in [0.2, 0.25) is 0 Å². The van der Waals surface area contributed by atoms with E-state index in [0.29, 0.717) is 23.3 Å². The van der Waals surface area contributed by atoms with Crippen molar-refractivity contribution in [3.05, 3.63) is 57.6 Å². The van der Waals surface area contributed by atoms with Crippen LogP contribution in [0, 0.1) is 0 Å². The molecule has 0 amide bonds. The van der Waals surface area contributed by atoms with Crippen LogP contribution in [0.15, 0.2) is 36.4 Å². The van der Waals surface area contributed by atoms with Crippen molar-refractivity contribution in [2.24, 2.45) is 0 Å². The lowest BCUT2D eigenvalue weighted by Gasteiger charge is -2.22. The van der Waals surface area contributed by atoms with E-state index >= 15 is 0 Å². The van der Waals surface area contributed by atoms with Gasteiger partial charge in [0, 0.05) is 27.7 Å². The topological polar surface area (TPSA) is 33.7 Å². The van der Waals surface area contributed by atoms with Gasteiger partial charge in [-0.15, -0.1) is 24.8 Å². The molecule has 2 aromatic rings. The third-order valence-electron chi connectivity index (χ3n) is 5.55. The molecule has 4 nitrogen and oxygen atoms in total. The summed E-state index contributed by atoms with van der Waals surface area (Å²) in [5, 5.41) is 4.81. The minimum Gasteiger partial charge on any atom is -0.490 e. The maximum absolute atomic E-state index is 6.33. The molecule has 0 unspecified atom stereocenters. The van der Waals surface area contributed by atoms with E-state index in [2.05, 4.69) is 30.1 Å². The fourth-order valence-electron chi connectivity index (χ4n) is 3.67. The predicted octanol–water partition coefficient (Wildman–Crippen LogP) is 8.20. The SMILES string of the molecule is CCCCN(CCCC)CCCNCc1cccc(OCC)c1OCc1ccc(Cl)cc1Cl.Cl.Cl. The molecule has 0 aromatic heterocycles. The Labute approximate surface area is 234 Å². The summed E-state index contributed by atoms with van der Waals surface area (Å²) in [6, 6.07) is 11.5. The molecule has 0 saturated carbocycles. The van der Waals surface area contributed by atoms with Crippen LogP contribution >= 0.6 is 48.0 Å². The molecule has 35 heavy (non-hydrogen) atoms. The van der Waals surface area contributed by atoms with E-state index in [0.717, 1.165) is 48.7 Å². The summed E-state index contributed by atoms with van der Waals surface area (Å²) >= 11 is 12.4. The molecule has 0 atom stereocenters. The van der Waals surface area contributed by atoms with Crippen molar-refractivity contribution >= 4 is 48.0 Å². The molecule has 0 aliphatic rings. The van der Waals surface area contributed by atoms with Gasteiger partial charge in [-0.3, -0.25) is 0 Å². The van der Waals surface area contributed by atoms with Crippen LogP contribution in [0.3, 0.4) is 0 Å². The molecule has 200 valence electrons. The van der Waals surface area contributed by atoms with Crippen LogP contribution in [0.1, 0.15) is 64.0 Å². The van der Waals surface area contributed by atoms with Gasteiger partial charge in [0.15, 0.2) is 11.5 Å². The van der Waals surface area contributed by atoms with Crippen LogP contribution in [0.25, 0.3) is 0 Å². The first kappa shape index (κ1) is 34.1. The zero-order chi connectivity index (χ0) is 23.9. The summed E-state index contributed by atoms with van der Waals surface area (Å²) < 4.78 is 12.0. The highest BCUT2D eigenvalue weighted by Gasteiger charge is 2.13. The van der Waals surface area contributed by atoms with Gasteiger partial charge in [-0.2, -0.15) is 0 Å². The average Bonchev–Trinajstić information content (AvgIpc) is 2.80. The molecule has 0 aliphatic heterocycles. The second-order valence-electron chi connectivity index (χ2n) is 8.28. The molecule has 0 spiro atoms. The van der Waals surface area contributed by atoms with Gasteiger partial charge in [-0.1, -0.05) is 68.1 Å². The van der Waals surface area contributed by atoms with Crippen molar-refractivity contribution in [3.8, 4) is 11.5 Å². The van der Waals surface area contributed by atoms with Crippen molar-refractivity contribution in [1.82, 2.24) is 10.2 Å². The number of rotatable bonds is 17. The fourth-order valence-corrected chi connectivity index (χ4v) is 4.13. The monoisotopic (exact) mass is 566 g/mol. The highest BCUT2D eigenvalue weighted by atomic mass is 35.5. The fraction of sp³-hybridized carbons (Fsp3) is 0.556. The molecule has 8 heteroatoms. The standard InChI is InChI=1S/C27H40Cl2N2O2.2ClH/c1-4-7-16-31(17-8-5-2)18-10-15-30-20-22-11-9-12-26(32-6-3)27(22)33-21-23-13-14-24(28)19-25(23)29;;/h9,11-14,19,30H,4-8,10,15-18,20-21H2,1-3H3;2*1H. The maximum Gasteiger partial charge on any atom is 0.166 e. The highest BCUT2D eigenvalue weighted by Crippen LogP contribution is 2.33. The number of hydrogen-bond donors (Lipinski definition) is 1. The first-order chi connectivity index (χ1) is 16.1. The number of para-hydroxylation sites is 1. The van der Waals surface area contributed by atoms with E-state index in [1.54, 1.807) is 6.07 Å².